The quantitative estimate of drug-likeness (QED) is 0.793. The van der Waals surface area contributed by atoms with E-state index in [0.717, 1.165) is 10.9 Å². The molecular formula is C13H16N4O2. The second-order valence-corrected chi connectivity index (χ2v) is 4.39. The number of nitrogens with zero attached hydrogens (tertiary/aromatic N) is 2. The molecular weight excluding hydrogens is 244 g/mol. The molecule has 0 bridgehead atoms. The average Bonchev–Trinajstić information content (AvgIpc) is 2.72. The van der Waals surface area contributed by atoms with Crippen LogP contribution in [0.4, 0.5) is 0 Å². The van der Waals surface area contributed by atoms with E-state index < -0.39 is 5.91 Å². The van der Waals surface area contributed by atoms with Crippen LogP contribution in [0, 0.1) is 0 Å². The first-order valence-electron chi connectivity index (χ1n) is 6.01. The van der Waals surface area contributed by atoms with Crippen LogP contribution in [0.3, 0.4) is 0 Å². The number of aromatic nitrogens is 3. The van der Waals surface area contributed by atoms with Crippen molar-refractivity contribution in [2.75, 3.05) is 0 Å². The fourth-order valence-electron chi connectivity index (χ4n) is 1.77. The minimum absolute atomic E-state index is 0.0296. The number of hydrogen-bond acceptors (Lipinski definition) is 4. The number of hydrogen-bond donors (Lipinski definition) is 2. The topological polar surface area (TPSA) is 93.9 Å². The van der Waals surface area contributed by atoms with Crippen molar-refractivity contribution >= 4 is 16.9 Å². The normalized spacial score (nSPS) is 11.5. The van der Waals surface area contributed by atoms with E-state index in [1.165, 1.54) is 12.4 Å². The molecule has 6 heteroatoms. The first kappa shape index (κ1) is 13.1. The monoisotopic (exact) mass is 260 g/mol. The second-order valence-electron chi connectivity index (χ2n) is 4.39. The van der Waals surface area contributed by atoms with Gasteiger partial charge in [-0.05, 0) is 31.9 Å². The van der Waals surface area contributed by atoms with E-state index in [1.54, 1.807) is 6.08 Å². The van der Waals surface area contributed by atoms with Crippen LogP contribution in [0.2, 0.25) is 0 Å². The molecule has 0 saturated carbocycles. The predicted molar refractivity (Wildman–Crippen MR) is 71.7 cm³/mol. The minimum atomic E-state index is -0.463. The van der Waals surface area contributed by atoms with Crippen LogP contribution < -0.4 is 10.5 Å². The molecule has 0 fully saturated rings. The summed E-state index contributed by atoms with van der Waals surface area (Å²) in [5, 5.41) is 0.838. The molecule has 0 atom stereocenters. The van der Waals surface area contributed by atoms with Gasteiger partial charge < -0.3 is 15.5 Å². The van der Waals surface area contributed by atoms with Crippen molar-refractivity contribution in [2.45, 2.75) is 26.4 Å². The van der Waals surface area contributed by atoms with Crippen LogP contribution in [0.15, 0.2) is 24.7 Å². The molecule has 0 aliphatic rings. The van der Waals surface area contributed by atoms with Crippen molar-refractivity contribution < 1.29 is 9.53 Å². The summed E-state index contributed by atoms with van der Waals surface area (Å²) in [6.45, 7) is 3.88. The summed E-state index contributed by atoms with van der Waals surface area (Å²) in [4.78, 5) is 22.0. The lowest BCUT2D eigenvalue weighted by atomic mass is 10.1. The van der Waals surface area contributed by atoms with Gasteiger partial charge in [0, 0.05) is 6.20 Å². The maximum atomic E-state index is 10.7. The molecule has 0 spiro atoms. The smallest absolute Gasteiger partial charge is 0.241 e. The zero-order chi connectivity index (χ0) is 13.8. The Hall–Kier alpha value is -2.37. The van der Waals surface area contributed by atoms with Crippen LogP contribution in [0.1, 0.15) is 19.4 Å². The summed E-state index contributed by atoms with van der Waals surface area (Å²) in [7, 11) is 0. The third-order valence-electron chi connectivity index (χ3n) is 2.48. The van der Waals surface area contributed by atoms with Gasteiger partial charge in [-0.1, -0.05) is 6.08 Å². The Balaban J connectivity index is 2.36. The Morgan fingerprint density at radius 2 is 2.32 bits per heavy atom. The average molecular weight is 260 g/mol. The zero-order valence-electron chi connectivity index (χ0n) is 10.9. The molecule has 2 aromatic heterocycles. The molecule has 0 saturated heterocycles. The summed E-state index contributed by atoms with van der Waals surface area (Å²) in [5.74, 6) is 0.0819. The lowest BCUT2D eigenvalue weighted by molar-refractivity contribution is -0.113. The van der Waals surface area contributed by atoms with Crippen LogP contribution in [-0.2, 0) is 11.2 Å². The van der Waals surface area contributed by atoms with Crippen molar-refractivity contribution in [1.29, 1.82) is 0 Å². The van der Waals surface area contributed by atoms with Gasteiger partial charge in [0.15, 0.2) is 0 Å². The Bertz CT molecular complexity index is 616. The van der Waals surface area contributed by atoms with Crippen LogP contribution in [0.25, 0.3) is 11.0 Å². The second kappa shape index (κ2) is 5.51. The number of primary amides is 1. The maximum Gasteiger partial charge on any atom is 0.241 e. The van der Waals surface area contributed by atoms with Crippen molar-refractivity contribution in [3.63, 3.8) is 0 Å². The summed E-state index contributed by atoms with van der Waals surface area (Å²) in [6.07, 6.45) is 6.92. The van der Waals surface area contributed by atoms with Gasteiger partial charge in [0.05, 0.1) is 11.5 Å². The standard InChI is InChI=1S/C13H16N4O2/c1-8(2)19-13-11-9(4-3-5-10(14)18)6-15-12(11)16-7-17-13/h3,5-8H,4H2,1-2H3,(H2,14,18)(H,15,16,17). The van der Waals surface area contributed by atoms with Crippen LogP contribution in [0.5, 0.6) is 5.88 Å². The maximum absolute atomic E-state index is 10.7. The SMILES string of the molecule is CC(C)Oc1ncnc2[nH]cc(CC=CC(N)=O)c12. The molecule has 2 heterocycles. The molecule has 1 amide bonds. The summed E-state index contributed by atoms with van der Waals surface area (Å²) >= 11 is 0. The first-order valence-corrected chi connectivity index (χ1v) is 6.01. The van der Waals surface area contributed by atoms with Gasteiger partial charge in [0.2, 0.25) is 11.8 Å². The highest BCUT2D eigenvalue weighted by atomic mass is 16.5. The van der Waals surface area contributed by atoms with Gasteiger partial charge in [-0.3, -0.25) is 4.79 Å². The molecule has 0 aliphatic carbocycles. The van der Waals surface area contributed by atoms with Crippen molar-refractivity contribution in [2.24, 2.45) is 5.73 Å². The number of amides is 1. The van der Waals surface area contributed by atoms with Gasteiger partial charge in [-0.25, -0.2) is 9.97 Å². The number of carbonyl (C=O) groups is 1. The fraction of sp³-hybridized carbons (Fsp3) is 0.308. The predicted octanol–water partition coefficient (Wildman–Crippen LogP) is 1.33. The van der Waals surface area contributed by atoms with Crippen LogP contribution in [-0.4, -0.2) is 27.0 Å². The van der Waals surface area contributed by atoms with Crippen molar-refractivity contribution in [3.05, 3.63) is 30.2 Å². The van der Waals surface area contributed by atoms with E-state index in [-0.39, 0.29) is 6.10 Å². The number of H-pyrrole nitrogens is 1. The van der Waals surface area contributed by atoms with Crippen LogP contribution >= 0.6 is 0 Å². The van der Waals surface area contributed by atoms with E-state index in [1.807, 2.05) is 20.0 Å². The molecule has 2 aromatic rings. The molecule has 19 heavy (non-hydrogen) atoms. The lowest BCUT2D eigenvalue weighted by Gasteiger charge is -2.09. The number of ether oxygens (including phenoxy) is 1. The van der Waals surface area contributed by atoms with E-state index in [9.17, 15) is 4.79 Å². The molecule has 6 nitrogen and oxygen atoms in total. The number of nitrogens with two attached hydrogens (primary N) is 1. The molecule has 0 radical (unpaired) electrons. The third-order valence-corrected chi connectivity index (χ3v) is 2.48. The number of nitrogens with one attached hydrogen (secondary N) is 1. The summed E-state index contributed by atoms with van der Waals surface area (Å²) in [6, 6.07) is 0. The van der Waals surface area contributed by atoms with E-state index in [0.29, 0.717) is 17.9 Å². The van der Waals surface area contributed by atoms with E-state index >= 15 is 0 Å². The lowest BCUT2D eigenvalue weighted by Crippen LogP contribution is -2.07. The van der Waals surface area contributed by atoms with Gasteiger partial charge in [-0.2, -0.15) is 0 Å². The van der Waals surface area contributed by atoms with Crippen molar-refractivity contribution in [1.82, 2.24) is 15.0 Å². The number of aromatic amines is 1. The molecule has 0 aromatic carbocycles. The minimum Gasteiger partial charge on any atom is -0.474 e. The first-order chi connectivity index (χ1) is 9.08. The Labute approximate surface area is 110 Å². The molecule has 0 unspecified atom stereocenters. The number of rotatable bonds is 5. The van der Waals surface area contributed by atoms with Gasteiger partial charge in [-0.15, -0.1) is 0 Å². The zero-order valence-corrected chi connectivity index (χ0v) is 10.9. The van der Waals surface area contributed by atoms with Crippen molar-refractivity contribution in [3.8, 4) is 5.88 Å². The van der Waals surface area contributed by atoms with Gasteiger partial charge >= 0.3 is 0 Å². The molecule has 3 N–H and O–H groups in total. The van der Waals surface area contributed by atoms with Gasteiger partial charge in [0.1, 0.15) is 12.0 Å². The van der Waals surface area contributed by atoms with E-state index in [2.05, 4.69) is 15.0 Å². The number of allylic oxidation sites excluding steroid dienone is 1. The van der Waals surface area contributed by atoms with E-state index in [4.69, 9.17) is 10.5 Å². The molecule has 0 aliphatic heterocycles. The highest BCUT2D eigenvalue weighted by molar-refractivity contribution is 5.87. The fourth-order valence-corrected chi connectivity index (χ4v) is 1.77. The highest BCUT2D eigenvalue weighted by Crippen LogP contribution is 2.26. The summed E-state index contributed by atoms with van der Waals surface area (Å²) < 4.78 is 5.67. The Morgan fingerprint density at radius 1 is 1.53 bits per heavy atom. The number of fused-ring (bicyclic) bond motifs is 1. The third kappa shape index (κ3) is 3.09. The van der Waals surface area contributed by atoms with Gasteiger partial charge in [0.25, 0.3) is 0 Å². The largest absolute Gasteiger partial charge is 0.474 e. The Kier molecular flexibility index (Phi) is 3.79. The summed E-state index contributed by atoms with van der Waals surface area (Å²) in [5.41, 5.74) is 6.74. The Morgan fingerprint density at radius 3 is 3.00 bits per heavy atom. The number of carbonyl (C=O) groups excluding carboxylic acids is 1. The molecule has 2 rings (SSSR count). The highest BCUT2D eigenvalue weighted by Gasteiger charge is 2.12. The molecule has 100 valence electrons.